The Labute approximate surface area is 125 Å². The molecule has 1 aromatic carbocycles. The molecule has 1 aromatic heterocycles. The van der Waals surface area contributed by atoms with Crippen LogP contribution in [0.2, 0.25) is 0 Å². The predicted octanol–water partition coefficient (Wildman–Crippen LogP) is 3.40. The van der Waals surface area contributed by atoms with Gasteiger partial charge in [-0.25, -0.2) is 0 Å². The average Bonchev–Trinajstić information content (AvgIpc) is 2.94. The van der Waals surface area contributed by atoms with Crippen molar-refractivity contribution in [2.75, 3.05) is 6.61 Å². The Hall–Kier alpha value is -1.91. The third kappa shape index (κ3) is 5.94. The van der Waals surface area contributed by atoms with Crippen molar-refractivity contribution >= 4 is 6.08 Å². The van der Waals surface area contributed by atoms with E-state index >= 15 is 0 Å². The summed E-state index contributed by atoms with van der Waals surface area (Å²) in [5.41, 5.74) is 2.07. The largest absolute Gasteiger partial charge is 0.369 e. The number of hydrogen-bond donors (Lipinski definition) is 1. The van der Waals surface area contributed by atoms with E-state index in [0.717, 1.165) is 18.0 Å². The third-order valence-corrected chi connectivity index (χ3v) is 2.87. The second-order valence-electron chi connectivity index (χ2n) is 5.15. The Morgan fingerprint density at radius 3 is 2.86 bits per heavy atom. The zero-order chi connectivity index (χ0) is 14.9. The molecule has 0 amide bonds. The molecule has 21 heavy (non-hydrogen) atoms. The van der Waals surface area contributed by atoms with Gasteiger partial charge in [0.1, 0.15) is 6.61 Å². The molecule has 0 aliphatic heterocycles. The van der Waals surface area contributed by atoms with Gasteiger partial charge in [0.05, 0.1) is 12.3 Å². The number of nitrogens with zero attached hydrogens (tertiary/aromatic N) is 1. The highest BCUT2D eigenvalue weighted by atomic mass is 16.5. The summed E-state index contributed by atoms with van der Waals surface area (Å²) in [7, 11) is 0. The Balaban J connectivity index is 1.68. The molecular weight excluding hydrogens is 264 g/mol. The molecule has 0 saturated heterocycles. The maximum absolute atomic E-state index is 5.54. The fourth-order valence-corrected chi connectivity index (χ4v) is 1.79. The van der Waals surface area contributed by atoms with E-state index in [2.05, 4.69) is 36.5 Å². The molecule has 0 radical (unpaired) electrons. The van der Waals surface area contributed by atoms with Crippen molar-refractivity contribution in [1.82, 2.24) is 10.5 Å². The molecule has 0 atom stereocenters. The van der Waals surface area contributed by atoms with Gasteiger partial charge in [0.2, 0.25) is 0 Å². The zero-order valence-corrected chi connectivity index (χ0v) is 12.6. The van der Waals surface area contributed by atoms with Crippen molar-refractivity contribution in [3.8, 4) is 0 Å². The lowest BCUT2D eigenvalue weighted by molar-refractivity contribution is 0.125. The molecule has 112 valence electrons. The van der Waals surface area contributed by atoms with Crippen LogP contribution in [0.1, 0.15) is 30.9 Å². The van der Waals surface area contributed by atoms with E-state index in [1.807, 2.05) is 36.4 Å². The lowest BCUT2D eigenvalue weighted by Crippen LogP contribution is -2.21. The highest BCUT2D eigenvalue weighted by Gasteiger charge is 2.04. The second-order valence-corrected chi connectivity index (χ2v) is 5.15. The van der Waals surface area contributed by atoms with Crippen LogP contribution in [-0.2, 0) is 17.9 Å². The van der Waals surface area contributed by atoms with Crippen LogP contribution in [0, 0.1) is 0 Å². The summed E-state index contributed by atoms with van der Waals surface area (Å²) in [6, 6.07) is 12.5. The van der Waals surface area contributed by atoms with Crippen LogP contribution in [0.3, 0.4) is 0 Å². The van der Waals surface area contributed by atoms with Gasteiger partial charge in [0, 0.05) is 18.7 Å². The molecule has 2 rings (SSSR count). The monoisotopic (exact) mass is 286 g/mol. The van der Waals surface area contributed by atoms with E-state index in [-0.39, 0.29) is 0 Å². The van der Waals surface area contributed by atoms with Crippen molar-refractivity contribution in [3.63, 3.8) is 0 Å². The number of aromatic nitrogens is 1. The lowest BCUT2D eigenvalue weighted by atomic mass is 10.2. The molecule has 0 aliphatic carbocycles. The van der Waals surface area contributed by atoms with E-state index in [4.69, 9.17) is 9.26 Å². The molecular formula is C17H22N2O2. The maximum Gasteiger partial charge on any atom is 0.162 e. The summed E-state index contributed by atoms with van der Waals surface area (Å²) in [4.78, 5) is 0. The molecule has 0 saturated carbocycles. The van der Waals surface area contributed by atoms with Gasteiger partial charge in [-0.3, -0.25) is 0 Å². The van der Waals surface area contributed by atoms with Crippen LogP contribution < -0.4 is 5.32 Å². The highest BCUT2D eigenvalue weighted by molar-refractivity contribution is 5.48. The van der Waals surface area contributed by atoms with Gasteiger partial charge in [-0.2, -0.15) is 0 Å². The number of hydrogen-bond acceptors (Lipinski definition) is 4. The molecule has 2 aromatic rings. The van der Waals surface area contributed by atoms with Gasteiger partial charge in [-0.1, -0.05) is 61.5 Å². The lowest BCUT2D eigenvalue weighted by Gasteiger charge is -2.03. The standard InChI is InChI=1S/C17H22N2O2/c1-14(2)18-12-16-11-17(21-19-16)13-20-10-6-9-15-7-4-3-5-8-15/h3-9,11,14,18H,10,12-13H2,1-2H3. The Morgan fingerprint density at radius 2 is 2.10 bits per heavy atom. The molecule has 4 heteroatoms. The molecule has 1 heterocycles. The first-order chi connectivity index (χ1) is 10.2. The normalized spacial score (nSPS) is 11.6. The van der Waals surface area contributed by atoms with Gasteiger partial charge in [0.15, 0.2) is 5.76 Å². The minimum atomic E-state index is 0.435. The molecule has 4 nitrogen and oxygen atoms in total. The maximum atomic E-state index is 5.54. The fraction of sp³-hybridized carbons (Fsp3) is 0.353. The summed E-state index contributed by atoms with van der Waals surface area (Å²) in [6.45, 7) is 5.91. The molecule has 0 fully saturated rings. The van der Waals surface area contributed by atoms with Crippen LogP contribution in [0.15, 0.2) is 47.0 Å². The fourth-order valence-electron chi connectivity index (χ4n) is 1.79. The minimum Gasteiger partial charge on any atom is -0.369 e. The van der Waals surface area contributed by atoms with Gasteiger partial charge in [-0.15, -0.1) is 0 Å². The van der Waals surface area contributed by atoms with Crippen LogP contribution in [0.25, 0.3) is 6.08 Å². The summed E-state index contributed by atoms with van der Waals surface area (Å²) in [5, 5.41) is 7.29. The smallest absolute Gasteiger partial charge is 0.162 e. The molecule has 1 N–H and O–H groups in total. The van der Waals surface area contributed by atoms with E-state index in [1.165, 1.54) is 5.56 Å². The van der Waals surface area contributed by atoms with Crippen LogP contribution in [0.4, 0.5) is 0 Å². The van der Waals surface area contributed by atoms with Crippen molar-refractivity contribution in [2.24, 2.45) is 0 Å². The number of rotatable bonds is 8. The first kappa shape index (κ1) is 15.5. The van der Waals surface area contributed by atoms with Gasteiger partial charge >= 0.3 is 0 Å². The quantitative estimate of drug-likeness (QED) is 0.756. The first-order valence-corrected chi connectivity index (χ1v) is 7.21. The molecule has 0 spiro atoms. The summed E-state index contributed by atoms with van der Waals surface area (Å²) >= 11 is 0. The number of benzene rings is 1. The summed E-state index contributed by atoms with van der Waals surface area (Å²) < 4.78 is 10.8. The summed E-state index contributed by atoms with van der Waals surface area (Å²) in [6.07, 6.45) is 4.03. The zero-order valence-electron chi connectivity index (χ0n) is 12.6. The first-order valence-electron chi connectivity index (χ1n) is 7.21. The molecule has 0 unspecified atom stereocenters. The van der Waals surface area contributed by atoms with Gasteiger partial charge in [-0.05, 0) is 5.56 Å². The Kier molecular flexibility index (Phi) is 6.19. The van der Waals surface area contributed by atoms with E-state index < -0.39 is 0 Å². The third-order valence-electron chi connectivity index (χ3n) is 2.87. The number of ether oxygens (including phenoxy) is 1. The Bertz CT molecular complexity index is 547. The molecule has 0 bridgehead atoms. The van der Waals surface area contributed by atoms with Crippen LogP contribution >= 0.6 is 0 Å². The van der Waals surface area contributed by atoms with Crippen LogP contribution in [0.5, 0.6) is 0 Å². The molecule has 0 aliphatic rings. The SMILES string of the molecule is CC(C)NCc1cc(COCC=Cc2ccccc2)on1. The summed E-state index contributed by atoms with van der Waals surface area (Å²) in [5.74, 6) is 0.753. The van der Waals surface area contributed by atoms with Gasteiger partial charge in [0.25, 0.3) is 0 Å². The van der Waals surface area contributed by atoms with E-state index in [9.17, 15) is 0 Å². The Morgan fingerprint density at radius 1 is 1.29 bits per heavy atom. The average molecular weight is 286 g/mol. The highest BCUT2D eigenvalue weighted by Crippen LogP contribution is 2.06. The van der Waals surface area contributed by atoms with Crippen molar-refractivity contribution in [3.05, 3.63) is 59.5 Å². The van der Waals surface area contributed by atoms with E-state index in [0.29, 0.717) is 19.3 Å². The van der Waals surface area contributed by atoms with Gasteiger partial charge < -0.3 is 14.6 Å². The predicted molar refractivity (Wildman–Crippen MR) is 83.6 cm³/mol. The van der Waals surface area contributed by atoms with Crippen molar-refractivity contribution < 1.29 is 9.26 Å². The van der Waals surface area contributed by atoms with Crippen molar-refractivity contribution in [1.29, 1.82) is 0 Å². The second kappa shape index (κ2) is 8.39. The van der Waals surface area contributed by atoms with E-state index in [1.54, 1.807) is 0 Å². The number of nitrogens with one attached hydrogen (secondary N) is 1. The topological polar surface area (TPSA) is 47.3 Å². The van der Waals surface area contributed by atoms with Crippen LogP contribution in [-0.4, -0.2) is 17.8 Å². The van der Waals surface area contributed by atoms with Crippen molar-refractivity contribution in [2.45, 2.75) is 33.0 Å². The minimum absolute atomic E-state index is 0.435.